The smallest absolute Gasteiger partial charge is 0.266 e. The summed E-state index contributed by atoms with van der Waals surface area (Å²) in [6.45, 7) is 2.77. The number of amides is 1. The summed E-state index contributed by atoms with van der Waals surface area (Å²) in [6, 6.07) is 3.17. The SMILES string of the molecule is O=C([C@@H]1CC(c2cc(F)ccc2F)=NO1)N1CC[C@]2(CCOC2)C1. The second kappa shape index (κ2) is 5.81. The number of rotatable bonds is 2. The summed E-state index contributed by atoms with van der Waals surface area (Å²) >= 11 is 0. The lowest BCUT2D eigenvalue weighted by Gasteiger charge is -2.23. The monoisotopic (exact) mass is 336 g/mol. The molecule has 3 aliphatic heterocycles. The van der Waals surface area contributed by atoms with Gasteiger partial charge in [0, 0.05) is 37.1 Å². The zero-order valence-electron chi connectivity index (χ0n) is 13.1. The van der Waals surface area contributed by atoms with Gasteiger partial charge in [0.1, 0.15) is 11.6 Å². The van der Waals surface area contributed by atoms with E-state index >= 15 is 0 Å². The van der Waals surface area contributed by atoms with Crippen LogP contribution in [0.15, 0.2) is 23.4 Å². The molecule has 4 rings (SSSR count). The lowest BCUT2D eigenvalue weighted by molar-refractivity contribution is -0.141. The predicted molar refractivity (Wildman–Crippen MR) is 81.5 cm³/mol. The Morgan fingerprint density at radius 1 is 1.33 bits per heavy atom. The highest BCUT2D eigenvalue weighted by molar-refractivity contribution is 6.04. The van der Waals surface area contributed by atoms with Gasteiger partial charge in [-0.1, -0.05) is 5.16 Å². The van der Waals surface area contributed by atoms with Crippen molar-refractivity contribution >= 4 is 11.6 Å². The predicted octanol–water partition coefficient (Wildman–Crippen LogP) is 2.10. The molecule has 0 unspecified atom stereocenters. The van der Waals surface area contributed by atoms with E-state index < -0.39 is 17.7 Å². The van der Waals surface area contributed by atoms with Crippen molar-refractivity contribution in [1.29, 1.82) is 0 Å². The van der Waals surface area contributed by atoms with E-state index in [0.717, 1.165) is 37.6 Å². The van der Waals surface area contributed by atoms with Crippen LogP contribution in [-0.4, -0.2) is 48.9 Å². The van der Waals surface area contributed by atoms with E-state index in [1.165, 1.54) is 0 Å². The van der Waals surface area contributed by atoms with Gasteiger partial charge in [-0.25, -0.2) is 8.78 Å². The number of oxime groups is 1. The summed E-state index contributed by atoms with van der Waals surface area (Å²) in [5.41, 5.74) is 0.392. The fraction of sp³-hybridized carbons (Fsp3) is 0.529. The van der Waals surface area contributed by atoms with E-state index in [1.807, 2.05) is 0 Å². The number of halogens is 2. The van der Waals surface area contributed by atoms with Gasteiger partial charge in [-0.2, -0.15) is 0 Å². The quantitative estimate of drug-likeness (QED) is 0.831. The third-order valence-corrected chi connectivity index (χ3v) is 5.12. The average Bonchev–Trinajstić information content (AvgIpc) is 3.31. The molecule has 24 heavy (non-hydrogen) atoms. The fourth-order valence-corrected chi connectivity index (χ4v) is 3.69. The molecule has 2 saturated heterocycles. The van der Waals surface area contributed by atoms with Gasteiger partial charge >= 0.3 is 0 Å². The molecule has 1 aromatic rings. The van der Waals surface area contributed by atoms with E-state index in [2.05, 4.69) is 5.16 Å². The van der Waals surface area contributed by atoms with Gasteiger partial charge in [0.05, 0.1) is 12.3 Å². The van der Waals surface area contributed by atoms with Crippen molar-refractivity contribution in [3.8, 4) is 0 Å². The number of likely N-dealkylation sites (tertiary alicyclic amines) is 1. The number of ether oxygens (including phenoxy) is 1. The maximum absolute atomic E-state index is 13.8. The number of hydrogen-bond acceptors (Lipinski definition) is 4. The van der Waals surface area contributed by atoms with Crippen molar-refractivity contribution in [3.63, 3.8) is 0 Å². The van der Waals surface area contributed by atoms with Crippen molar-refractivity contribution in [3.05, 3.63) is 35.4 Å². The maximum Gasteiger partial charge on any atom is 0.266 e. The zero-order chi connectivity index (χ0) is 16.7. The highest BCUT2D eigenvalue weighted by Gasteiger charge is 2.45. The van der Waals surface area contributed by atoms with Gasteiger partial charge in [0.15, 0.2) is 0 Å². The van der Waals surface area contributed by atoms with Crippen molar-refractivity contribution in [2.24, 2.45) is 10.6 Å². The molecule has 2 atom stereocenters. The summed E-state index contributed by atoms with van der Waals surface area (Å²) in [5.74, 6) is -1.27. The maximum atomic E-state index is 13.8. The third kappa shape index (κ3) is 2.66. The van der Waals surface area contributed by atoms with E-state index in [-0.39, 0.29) is 29.0 Å². The molecule has 0 bridgehead atoms. The molecule has 0 aliphatic carbocycles. The first-order valence-corrected chi connectivity index (χ1v) is 8.11. The van der Waals surface area contributed by atoms with Crippen LogP contribution in [0.1, 0.15) is 24.8 Å². The molecular formula is C17H18F2N2O3. The number of benzene rings is 1. The Labute approximate surface area is 138 Å². The van der Waals surface area contributed by atoms with Gasteiger partial charge in [-0.15, -0.1) is 0 Å². The van der Waals surface area contributed by atoms with Crippen LogP contribution in [0, 0.1) is 17.0 Å². The Bertz CT molecular complexity index is 701. The Hall–Kier alpha value is -2.02. The van der Waals surface area contributed by atoms with Crippen molar-refractivity contribution < 1.29 is 23.1 Å². The molecule has 2 fully saturated rings. The first-order chi connectivity index (χ1) is 11.6. The Morgan fingerprint density at radius 3 is 3.00 bits per heavy atom. The lowest BCUT2D eigenvalue weighted by Crippen LogP contribution is -2.39. The molecule has 0 saturated carbocycles. The third-order valence-electron chi connectivity index (χ3n) is 5.12. The molecule has 1 aromatic carbocycles. The van der Waals surface area contributed by atoms with Crippen molar-refractivity contribution in [2.75, 3.05) is 26.3 Å². The largest absolute Gasteiger partial charge is 0.382 e. The summed E-state index contributed by atoms with van der Waals surface area (Å²) in [7, 11) is 0. The minimum atomic E-state index is -0.764. The Balaban J connectivity index is 1.42. The van der Waals surface area contributed by atoms with Gasteiger partial charge in [-0.3, -0.25) is 4.79 Å². The standard InChI is InChI=1S/C17H18F2N2O3/c18-11-1-2-13(19)12(7-11)14-8-15(24-20-14)16(22)21-5-3-17(9-21)4-6-23-10-17/h1-2,7,15H,3-6,8-10H2/t15-,17-/m0/s1. The van der Waals surface area contributed by atoms with Crippen LogP contribution in [-0.2, 0) is 14.4 Å². The van der Waals surface area contributed by atoms with Gasteiger partial charge in [0.2, 0.25) is 6.10 Å². The molecule has 128 valence electrons. The molecule has 0 aromatic heterocycles. The second-order valence-corrected chi connectivity index (χ2v) is 6.77. The van der Waals surface area contributed by atoms with Gasteiger partial charge in [0.25, 0.3) is 5.91 Å². The van der Waals surface area contributed by atoms with Crippen LogP contribution in [0.4, 0.5) is 8.78 Å². The molecule has 1 spiro atoms. The van der Waals surface area contributed by atoms with Crippen LogP contribution in [0.25, 0.3) is 0 Å². The average molecular weight is 336 g/mol. The molecule has 7 heteroatoms. The number of hydrogen-bond donors (Lipinski definition) is 0. The minimum Gasteiger partial charge on any atom is -0.382 e. The summed E-state index contributed by atoms with van der Waals surface area (Å²) in [5, 5.41) is 3.81. The highest BCUT2D eigenvalue weighted by Crippen LogP contribution is 2.38. The van der Waals surface area contributed by atoms with Crippen molar-refractivity contribution in [2.45, 2.75) is 25.4 Å². The zero-order valence-corrected chi connectivity index (χ0v) is 13.1. The fourth-order valence-electron chi connectivity index (χ4n) is 3.69. The summed E-state index contributed by atoms with van der Waals surface area (Å²) < 4.78 is 32.6. The van der Waals surface area contributed by atoms with E-state index in [4.69, 9.17) is 9.57 Å². The van der Waals surface area contributed by atoms with Gasteiger partial charge < -0.3 is 14.5 Å². The van der Waals surface area contributed by atoms with Crippen LogP contribution >= 0.6 is 0 Å². The minimum absolute atomic E-state index is 0.0485. The first kappa shape index (κ1) is 15.5. The molecule has 1 amide bonds. The second-order valence-electron chi connectivity index (χ2n) is 6.77. The number of carbonyl (C=O) groups is 1. The van der Waals surface area contributed by atoms with Crippen LogP contribution in [0.2, 0.25) is 0 Å². The number of nitrogens with zero attached hydrogens (tertiary/aromatic N) is 2. The summed E-state index contributed by atoms with van der Waals surface area (Å²) in [4.78, 5) is 19.6. The van der Waals surface area contributed by atoms with E-state index in [1.54, 1.807) is 4.90 Å². The Kier molecular flexibility index (Phi) is 3.75. The normalized spacial score (nSPS) is 29.2. The van der Waals surface area contributed by atoms with E-state index in [9.17, 15) is 13.6 Å². The molecule has 0 radical (unpaired) electrons. The van der Waals surface area contributed by atoms with Crippen LogP contribution < -0.4 is 0 Å². The van der Waals surface area contributed by atoms with Crippen molar-refractivity contribution in [1.82, 2.24) is 4.90 Å². The molecule has 0 N–H and O–H groups in total. The number of carbonyl (C=O) groups excluding carboxylic acids is 1. The Morgan fingerprint density at radius 2 is 2.21 bits per heavy atom. The first-order valence-electron chi connectivity index (χ1n) is 8.11. The molecular weight excluding hydrogens is 318 g/mol. The highest BCUT2D eigenvalue weighted by atomic mass is 19.1. The van der Waals surface area contributed by atoms with Gasteiger partial charge in [-0.05, 0) is 31.0 Å². The molecule has 3 heterocycles. The summed E-state index contributed by atoms with van der Waals surface area (Å²) in [6.07, 6.45) is 1.29. The lowest BCUT2D eigenvalue weighted by atomic mass is 9.87. The van der Waals surface area contributed by atoms with Crippen LogP contribution in [0.5, 0.6) is 0 Å². The van der Waals surface area contributed by atoms with E-state index in [0.29, 0.717) is 19.7 Å². The molecule has 3 aliphatic rings. The van der Waals surface area contributed by atoms with Crippen LogP contribution in [0.3, 0.4) is 0 Å². The molecule has 5 nitrogen and oxygen atoms in total. The topological polar surface area (TPSA) is 51.1 Å².